The lowest BCUT2D eigenvalue weighted by Crippen LogP contribution is -2.48. The van der Waals surface area contributed by atoms with Gasteiger partial charge in [0.1, 0.15) is 0 Å². The molecule has 1 fully saturated rings. The molecule has 118 valence electrons. The minimum Gasteiger partial charge on any atom is -0.390 e. The van der Waals surface area contributed by atoms with Crippen molar-refractivity contribution in [1.29, 1.82) is 0 Å². The van der Waals surface area contributed by atoms with Crippen molar-refractivity contribution in [3.8, 4) is 0 Å². The zero-order valence-corrected chi connectivity index (χ0v) is 13.0. The zero-order chi connectivity index (χ0) is 15.6. The van der Waals surface area contributed by atoms with Gasteiger partial charge in [-0.05, 0) is 31.4 Å². The number of hydrogen-bond donors (Lipinski definition) is 1. The van der Waals surface area contributed by atoms with Crippen LogP contribution in [0.3, 0.4) is 0 Å². The highest BCUT2D eigenvalue weighted by molar-refractivity contribution is 5.73. The Labute approximate surface area is 131 Å². The van der Waals surface area contributed by atoms with Crippen LogP contribution in [0.2, 0.25) is 0 Å². The molecule has 2 aliphatic heterocycles. The van der Waals surface area contributed by atoms with Crippen LogP contribution >= 0.6 is 0 Å². The third-order valence-electron chi connectivity index (χ3n) is 4.71. The fraction of sp³-hybridized carbons (Fsp3) is 0.529. The molecule has 1 atom stereocenters. The van der Waals surface area contributed by atoms with Crippen molar-refractivity contribution in [3.05, 3.63) is 30.3 Å². The van der Waals surface area contributed by atoms with Crippen molar-refractivity contribution in [1.82, 2.24) is 4.90 Å². The Morgan fingerprint density at radius 3 is 2.64 bits per heavy atom. The van der Waals surface area contributed by atoms with E-state index in [4.69, 9.17) is 0 Å². The van der Waals surface area contributed by atoms with Crippen LogP contribution < -0.4 is 5.01 Å². The number of amides is 1. The first kappa shape index (κ1) is 15.0. The van der Waals surface area contributed by atoms with Crippen LogP contribution in [0.25, 0.3) is 0 Å². The van der Waals surface area contributed by atoms with E-state index >= 15 is 0 Å². The topological polar surface area (TPSA) is 56.1 Å². The fourth-order valence-corrected chi connectivity index (χ4v) is 3.36. The van der Waals surface area contributed by atoms with Crippen molar-refractivity contribution in [3.63, 3.8) is 0 Å². The molecule has 1 aromatic carbocycles. The number of nitrogens with zero attached hydrogens (tertiary/aromatic N) is 3. The normalized spacial score (nSPS) is 23.8. The van der Waals surface area contributed by atoms with Gasteiger partial charge in [-0.2, -0.15) is 5.10 Å². The molecule has 0 radical (unpaired) electrons. The lowest BCUT2D eigenvalue weighted by molar-refractivity contribution is -0.133. The predicted octanol–water partition coefficient (Wildman–Crippen LogP) is 2.01. The fourth-order valence-electron chi connectivity index (χ4n) is 3.36. The average Bonchev–Trinajstić information content (AvgIpc) is 2.96. The van der Waals surface area contributed by atoms with E-state index in [1.165, 1.54) is 0 Å². The number of benzene rings is 1. The number of piperidine rings is 1. The smallest absolute Gasteiger partial charge is 0.219 e. The Kier molecular flexibility index (Phi) is 4.16. The summed E-state index contributed by atoms with van der Waals surface area (Å²) < 4.78 is 0. The summed E-state index contributed by atoms with van der Waals surface area (Å²) in [5.41, 5.74) is 0.364. The molecule has 5 heteroatoms. The first-order valence-electron chi connectivity index (χ1n) is 7.92. The molecule has 1 aromatic rings. The van der Waals surface area contributed by atoms with Gasteiger partial charge in [0.2, 0.25) is 5.91 Å². The molecule has 0 aliphatic carbocycles. The molecule has 3 rings (SSSR count). The van der Waals surface area contributed by atoms with E-state index in [2.05, 4.69) is 5.10 Å². The van der Waals surface area contributed by atoms with E-state index in [0.717, 1.165) is 12.1 Å². The van der Waals surface area contributed by atoms with E-state index < -0.39 is 5.60 Å². The van der Waals surface area contributed by atoms with Crippen LogP contribution in [0.5, 0.6) is 0 Å². The maximum absolute atomic E-state index is 11.4. The van der Waals surface area contributed by atoms with E-state index in [1.54, 1.807) is 6.92 Å². The second kappa shape index (κ2) is 6.08. The number of carbonyl (C=O) groups is 1. The monoisotopic (exact) mass is 301 g/mol. The first-order valence-corrected chi connectivity index (χ1v) is 7.92. The third kappa shape index (κ3) is 3.14. The number of para-hydroxylation sites is 1. The highest BCUT2D eigenvalue weighted by Gasteiger charge is 2.37. The van der Waals surface area contributed by atoms with Crippen LogP contribution in [0.1, 0.15) is 32.6 Å². The summed E-state index contributed by atoms with van der Waals surface area (Å²) >= 11 is 0. The van der Waals surface area contributed by atoms with Gasteiger partial charge in [0, 0.05) is 32.6 Å². The summed E-state index contributed by atoms with van der Waals surface area (Å²) in [5.74, 6) is 0.0946. The predicted molar refractivity (Wildman–Crippen MR) is 86.9 cm³/mol. The second-order valence-corrected chi connectivity index (χ2v) is 6.30. The molecule has 22 heavy (non-hydrogen) atoms. The lowest BCUT2D eigenvalue weighted by atomic mass is 9.84. The Balaban J connectivity index is 1.64. The summed E-state index contributed by atoms with van der Waals surface area (Å²) in [5, 5.41) is 17.3. The summed E-state index contributed by atoms with van der Waals surface area (Å²) in [7, 11) is 0. The highest BCUT2D eigenvalue weighted by atomic mass is 16.3. The van der Waals surface area contributed by atoms with Crippen LogP contribution in [-0.4, -0.2) is 46.9 Å². The van der Waals surface area contributed by atoms with Crippen LogP contribution in [0.15, 0.2) is 35.4 Å². The Bertz CT molecular complexity index is 550. The van der Waals surface area contributed by atoms with Crippen molar-refractivity contribution in [2.24, 2.45) is 5.10 Å². The van der Waals surface area contributed by atoms with E-state index in [9.17, 15) is 9.90 Å². The van der Waals surface area contributed by atoms with Crippen molar-refractivity contribution in [2.75, 3.05) is 18.1 Å². The summed E-state index contributed by atoms with van der Waals surface area (Å²) in [6, 6.07) is 10.3. The molecule has 0 bridgehead atoms. The van der Waals surface area contributed by atoms with Crippen molar-refractivity contribution < 1.29 is 9.90 Å². The second-order valence-electron chi connectivity index (χ2n) is 6.30. The van der Waals surface area contributed by atoms with Gasteiger partial charge in [0.15, 0.2) is 0 Å². The Morgan fingerprint density at radius 1 is 1.32 bits per heavy atom. The Hall–Kier alpha value is -1.88. The molecule has 5 nitrogen and oxygen atoms in total. The maximum Gasteiger partial charge on any atom is 0.219 e. The number of hydrazone groups is 1. The SMILES string of the molecule is CC(=O)N1CCC(O)(CC2CC=NN2c2ccccc2)CC1. The molecule has 1 N–H and O–H groups in total. The minimum absolute atomic E-state index is 0.0946. The van der Waals surface area contributed by atoms with Crippen LogP contribution in [0, 0.1) is 0 Å². The molecular weight excluding hydrogens is 278 g/mol. The van der Waals surface area contributed by atoms with Gasteiger partial charge in [-0.1, -0.05) is 18.2 Å². The molecule has 2 heterocycles. The molecule has 2 aliphatic rings. The number of likely N-dealkylation sites (tertiary alicyclic amines) is 1. The largest absolute Gasteiger partial charge is 0.390 e. The van der Waals surface area contributed by atoms with Gasteiger partial charge in [-0.15, -0.1) is 0 Å². The average molecular weight is 301 g/mol. The third-order valence-corrected chi connectivity index (χ3v) is 4.71. The molecule has 0 spiro atoms. The molecule has 0 aromatic heterocycles. The maximum atomic E-state index is 11.4. The van der Waals surface area contributed by atoms with Gasteiger partial charge < -0.3 is 10.0 Å². The summed E-state index contributed by atoms with van der Waals surface area (Å²) in [6.07, 6.45) is 4.75. The highest BCUT2D eigenvalue weighted by Crippen LogP contribution is 2.33. The lowest BCUT2D eigenvalue weighted by Gasteiger charge is -2.40. The summed E-state index contributed by atoms with van der Waals surface area (Å²) in [4.78, 5) is 13.2. The minimum atomic E-state index is -0.697. The number of hydrogen-bond acceptors (Lipinski definition) is 4. The molecule has 1 unspecified atom stereocenters. The van der Waals surface area contributed by atoms with E-state index in [1.807, 2.05) is 46.5 Å². The molecule has 1 amide bonds. The quantitative estimate of drug-likeness (QED) is 0.929. The van der Waals surface area contributed by atoms with Gasteiger partial charge in [0.05, 0.1) is 17.3 Å². The van der Waals surface area contributed by atoms with Crippen molar-refractivity contribution >= 4 is 17.8 Å². The first-order chi connectivity index (χ1) is 10.6. The number of anilines is 1. The van der Waals surface area contributed by atoms with E-state index in [0.29, 0.717) is 32.4 Å². The van der Waals surface area contributed by atoms with Gasteiger partial charge in [-0.3, -0.25) is 9.80 Å². The number of aliphatic hydroxyl groups is 1. The number of carbonyl (C=O) groups excluding carboxylic acids is 1. The van der Waals surface area contributed by atoms with Crippen molar-refractivity contribution in [2.45, 2.75) is 44.2 Å². The van der Waals surface area contributed by atoms with Gasteiger partial charge in [0.25, 0.3) is 0 Å². The molecular formula is C17H23N3O2. The zero-order valence-electron chi connectivity index (χ0n) is 13.0. The molecule has 1 saturated heterocycles. The van der Waals surface area contributed by atoms with Gasteiger partial charge >= 0.3 is 0 Å². The standard InChI is InChI=1S/C17H23N3O2/c1-14(21)19-11-8-17(22,9-12-19)13-16-7-10-18-20(16)15-5-3-2-4-6-15/h2-6,10,16,22H,7-9,11-13H2,1H3. The number of rotatable bonds is 3. The Morgan fingerprint density at radius 2 is 2.00 bits per heavy atom. The van der Waals surface area contributed by atoms with Gasteiger partial charge in [-0.25, -0.2) is 0 Å². The van der Waals surface area contributed by atoms with E-state index in [-0.39, 0.29) is 11.9 Å². The molecule has 0 saturated carbocycles. The van der Waals surface area contributed by atoms with Crippen LogP contribution in [-0.2, 0) is 4.79 Å². The summed E-state index contributed by atoms with van der Waals surface area (Å²) in [6.45, 7) is 2.88. The van der Waals surface area contributed by atoms with Crippen LogP contribution in [0.4, 0.5) is 5.69 Å².